The zero-order valence-corrected chi connectivity index (χ0v) is 13.6. The van der Waals surface area contributed by atoms with Crippen LogP contribution in [0.4, 0.5) is 0 Å². The van der Waals surface area contributed by atoms with Gasteiger partial charge in [-0.25, -0.2) is 4.79 Å². The SMILES string of the molecule is CCC(CC)C(=O)N[C@H]1[C@H]([C@H](O)[C@H](O)CO)OC(C(=O)O)=C[C@@H]1O. The third-order valence-electron chi connectivity index (χ3n) is 4.10. The molecule has 0 aromatic carbocycles. The number of aliphatic hydroxyl groups excluding tert-OH is 4. The van der Waals surface area contributed by atoms with Gasteiger partial charge in [0, 0.05) is 5.92 Å². The van der Waals surface area contributed by atoms with E-state index < -0.39 is 48.8 Å². The van der Waals surface area contributed by atoms with Gasteiger partial charge in [-0.1, -0.05) is 13.8 Å². The molecule has 0 unspecified atom stereocenters. The van der Waals surface area contributed by atoms with E-state index in [1.807, 2.05) is 13.8 Å². The number of nitrogens with one attached hydrogen (secondary N) is 1. The highest BCUT2D eigenvalue weighted by molar-refractivity contribution is 5.85. The summed E-state index contributed by atoms with van der Waals surface area (Å²) in [6.07, 6.45) is -4.16. The minimum absolute atomic E-state index is 0.317. The Morgan fingerprint density at radius 1 is 1.29 bits per heavy atom. The molecule has 24 heavy (non-hydrogen) atoms. The van der Waals surface area contributed by atoms with Crippen molar-refractivity contribution >= 4 is 11.9 Å². The Hall–Kier alpha value is -1.68. The molecule has 5 atom stereocenters. The van der Waals surface area contributed by atoms with Gasteiger partial charge in [-0.2, -0.15) is 0 Å². The van der Waals surface area contributed by atoms with E-state index in [1.165, 1.54) is 0 Å². The fourth-order valence-corrected chi connectivity index (χ4v) is 2.55. The molecule has 6 N–H and O–H groups in total. The van der Waals surface area contributed by atoms with Crippen LogP contribution in [0.3, 0.4) is 0 Å². The van der Waals surface area contributed by atoms with Crippen LogP contribution in [0.1, 0.15) is 26.7 Å². The second-order valence-corrected chi connectivity index (χ2v) is 5.70. The Morgan fingerprint density at radius 2 is 1.88 bits per heavy atom. The third kappa shape index (κ3) is 4.67. The largest absolute Gasteiger partial charge is 0.478 e. The first-order valence-electron chi connectivity index (χ1n) is 7.83. The van der Waals surface area contributed by atoms with E-state index in [0.717, 1.165) is 6.08 Å². The molecule has 0 radical (unpaired) electrons. The number of hydrogen-bond acceptors (Lipinski definition) is 7. The van der Waals surface area contributed by atoms with Crippen LogP contribution in [-0.2, 0) is 14.3 Å². The summed E-state index contributed by atoms with van der Waals surface area (Å²) in [5.74, 6) is -2.77. The lowest BCUT2D eigenvalue weighted by atomic mass is 9.92. The first kappa shape index (κ1) is 20.4. The molecular formula is C15H25NO8. The summed E-state index contributed by atoms with van der Waals surface area (Å²) in [7, 11) is 0. The van der Waals surface area contributed by atoms with Crippen LogP contribution in [0, 0.1) is 5.92 Å². The lowest BCUT2D eigenvalue weighted by molar-refractivity contribution is -0.150. The molecule has 1 amide bonds. The van der Waals surface area contributed by atoms with Crippen LogP contribution >= 0.6 is 0 Å². The average molecular weight is 347 g/mol. The molecule has 9 heteroatoms. The van der Waals surface area contributed by atoms with Crippen LogP contribution in [0.15, 0.2) is 11.8 Å². The van der Waals surface area contributed by atoms with Crippen LogP contribution in [0.2, 0.25) is 0 Å². The molecule has 1 aliphatic heterocycles. The summed E-state index contributed by atoms with van der Waals surface area (Å²) in [4.78, 5) is 23.3. The van der Waals surface area contributed by atoms with Crippen molar-refractivity contribution in [3.8, 4) is 0 Å². The third-order valence-corrected chi connectivity index (χ3v) is 4.10. The van der Waals surface area contributed by atoms with E-state index in [1.54, 1.807) is 0 Å². The van der Waals surface area contributed by atoms with Gasteiger partial charge in [0.1, 0.15) is 18.3 Å². The fourth-order valence-electron chi connectivity index (χ4n) is 2.55. The minimum atomic E-state index is -1.71. The first-order valence-corrected chi connectivity index (χ1v) is 7.83. The normalized spacial score (nSPS) is 26.3. The number of carboxylic acids is 1. The van der Waals surface area contributed by atoms with Gasteiger partial charge in [0.15, 0.2) is 6.10 Å². The average Bonchev–Trinajstić information content (AvgIpc) is 2.55. The van der Waals surface area contributed by atoms with Gasteiger partial charge >= 0.3 is 5.97 Å². The molecule has 1 rings (SSSR count). The molecule has 0 fully saturated rings. The molecule has 1 aliphatic rings. The van der Waals surface area contributed by atoms with Gasteiger partial charge in [-0.3, -0.25) is 4.79 Å². The number of aliphatic carboxylic acids is 1. The van der Waals surface area contributed by atoms with Gasteiger partial charge < -0.3 is 35.6 Å². The van der Waals surface area contributed by atoms with Crippen molar-refractivity contribution in [2.45, 2.75) is 57.1 Å². The minimum Gasteiger partial charge on any atom is -0.478 e. The number of amides is 1. The quantitative estimate of drug-likeness (QED) is 0.305. The van der Waals surface area contributed by atoms with Crippen LogP contribution < -0.4 is 5.32 Å². The van der Waals surface area contributed by atoms with Crippen LogP contribution in [0.5, 0.6) is 0 Å². The Kier molecular flexibility index (Phi) is 7.61. The molecule has 0 bridgehead atoms. The van der Waals surface area contributed by atoms with E-state index >= 15 is 0 Å². The summed E-state index contributed by atoms with van der Waals surface area (Å²) in [6, 6.07) is -1.17. The Labute approximate surface area is 139 Å². The number of carbonyl (C=O) groups is 2. The van der Waals surface area contributed by atoms with E-state index in [0.29, 0.717) is 12.8 Å². The zero-order chi connectivity index (χ0) is 18.4. The predicted molar refractivity (Wildman–Crippen MR) is 81.7 cm³/mol. The molecule has 0 aromatic heterocycles. The molecule has 0 saturated heterocycles. The summed E-state index contributed by atoms with van der Waals surface area (Å²) in [5, 5.41) is 50.3. The molecule has 0 spiro atoms. The molecule has 1 heterocycles. The predicted octanol–water partition coefficient (Wildman–Crippen LogP) is -1.65. The monoisotopic (exact) mass is 347 g/mol. The van der Waals surface area contributed by atoms with Crippen molar-refractivity contribution in [3.05, 3.63) is 11.8 Å². The van der Waals surface area contributed by atoms with Crippen LogP contribution in [-0.4, -0.2) is 74.5 Å². The van der Waals surface area contributed by atoms with E-state index in [4.69, 9.17) is 14.9 Å². The molecule has 0 saturated carbocycles. The molecule has 0 aromatic rings. The number of rotatable bonds is 8. The number of carboxylic acid groups (broad SMARTS) is 1. The van der Waals surface area contributed by atoms with Gasteiger partial charge in [0.2, 0.25) is 11.7 Å². The van der Waals surface area contributed by atoms with Gasteiger partial charge in [-0.15, -0.1) is 0 Å². The smallest absolute Gasteiger partial charge is 0.370 e. The summed E-state index contributed by atoms with van der Waals surface area (Å²) >= 11 is 0. The highest BCUT2D eigenvalue weighted by atomic mass is 16.5. The number of aliphatic hydroxyl groups is 4. The number of ether oxygens (including phenoxy) is 1. The Morgan fingerprint density at radius 3 is 2.33 bits per heavy atom. The molecule has 138 valence electrons. The van der Waals surface area contributed by atoms with E-state index in [-0.39, 0.29) is 11.8 Å². The Bertz CT molecular complexity index is 476. The van der Waals surface area contributed by atoms with Crippen molar-refractivity contribution in [1.29, 1.82) is 0 Å². The van der Waals surface area contributed by atoms with E-state index in [2.05, 4.69) is 5.32 Å². The van der Waals surface area contributed by atoms with Crippen molar-refractivity contribution < 1.29 is 39.9 Å². The Balaban J connectivity index is 3.06. The maximum atomic E-state index is 12.2. The van der Waals surface area contributed by atoms with Crippen molar-refractivity contribution in [1.82, 2.24) is 5.32 Å². The van der Waals surface area contributed by atoms with Crippen LogP contribution in [0.25, 0.3) is 0 Å². The summed E-state index contributed by atoms with van der Waals surface area (Å²) in [5.41, 5.74) is 0. The van der Waals surface area contributed by atoms with Gasteiger partial charge in [-0.05, 0) is 18.9 Å². The lowest BCUT2D eigenvalue weighted by Crippen LogP contribution is -2.60. The van der Waals surface area contributed by atoms with Crippen molar-refractivity contribution in [3.63, 3.8) is 0 Å². The zero-order valence-electron chi connectivity index (χ0n) is 13.6. The highest BCUT2D eigenvalue weighted by Crippen LogP contribution is 2.23. The van der Waals surface area contributed by atoms with Gasteiger partial charge in [0.25, 0.3) is 0 Å². The topological polar surface area (TPSA) is 157 Å². The second kappa shape index (κ2) is 8.97. The lowest BCUT2D eigenvalue weighted by Gasteiger charge is -2.38. The standard InChI is InChI=1S/C15H25NO8/c1-3-7(4-2)14(21)16-11-8(18)5-10(15(22)23)24-13(11)12(20)9(19)6-17/h5,7-9,11-13,17-20H,3-4,6H2,1-2H3,(H,16,21)(H,22,23)/t8-,9+,11+,12+,13+/m0/s1. The van der Waals surface area contributed by atoms with Crippen molar-refractivity contribution in [2.75, 3.05) is 6.61 Å². The maximum absolute atomic E-state index is 12.2. The highest BCUT2D eigenvalue weighted by Gasteiger charge is 2.43. The second-order valence-electron chi connectivity index (χ2n) is 5.70. The van der Waals surface area contributed by atoms with Crippen molar-refractivity contribution in [2.24, 2.45) is 5.92 Å². The number of carbonyl (C=O) groups excluding carboxylic acids is 1. The first-order chi connectivity index (χ1) is 11.3. The van der Waals surface area contributed by atoms with E-state index in [9.17, 15) is 24.9 Å². The van der Waals surface area contributed by atoms with Gasteiger partial charge in [0.05, 0.1) is 12.6 Å². The summed E-state index contributed by atoms with van der Waals surface area (Å²) < 4.78 is 5.13. The summed E-state index contributed by atoms with van der Waals surface area (Å²) in [6.45, 7) is 2.86. The fraction of sp³-hybridized carbons (Fsp3) is 0.733. The molecule has 9 nitrogen and oxygen atoms in total. The molecule has 0 aliphatic carbocycles. The maximum Gasteiger partial charge on any atom is 0.370 e. The number of hydrogen-bond donors (Lipinski definition) is 6. The molecular weight excluding hydrogens is 322 g/mol.